The second-order valence-corrected chi connectivity index (χ2v) is 8.89. The smallest absolute Gasteiger partial charge is 0.224 e. The summed E-state index contributed by atoms with van der Waals surface area (Å²) in [5.41, 5.74) is 2.04. The molecule has 5 rings (SSSR count). The number of ether oxygens (including phenoxy) is 3. The third kappa shape index (κ3) is 3.16. The van der Waals surface area contributed by atoms with Gasteiger partial charge in [-0.25, -0.2) is 0 Å². The summed E-state index contributed by atoms with van der Waals surface area (Å²) in [6.07, 6.45) is 2.10. The molecule has 2 fully saturated rings. The number of rotatable bonds is 5. The van der Waals surface area contributed by atoms with Gasteiger partial charge in [0.1, 0.15) is 11.4 Å². The molecule has 0 aromatic heterocycles. The molecule has 1 aliphatic heterocycles. The Labute approximate surface area is 181 Å². The highest BCUT2D eigenvalue weighted by molar-refractivity contribution is 6.01. The molecular formula is C25H27NO5. The fourth-order valence-corrected chi connectivity index (χ4v) is 5.68. The largest absolute Gasteiger partial charge is 0.493 e. The van der Waals surface area contributed by atoms with E-state index in [1.807, 2.05) is 43.3 Å². The van der Waals surface area contributed by atoms with Gasteiger partial charge in [-0.15, -0.1) is 0 Å². The maximum absolute atomic E-state index is 13.0. The van der Waals surface area contributed by atoms with Crippen molar-refractivity contribution in [2.75, 3.05) is 14.2 Å². The van der Waals surface area contributed by atoms with Gasteiger partial charge in [-0.3, -0.25) is 9.59 Å². The molecule has 1 N–H and O–H groups in total. The van der Waals surface area contributed by atoms with Crippen LogP contribution in [0.1, 0.15) is 40.7 Å². The predicted molar refractivity (Wildman–Crippen MR) is 115 cm³/mol. The van der Waals surface area contributed by atoms with Gasteiger partial charge < -0.3 is 19.5 Å². The second kappa shape index (κ2) is 7.29. The Morgan fingerprint density at radius 3 is 2.84 bits per heavy atom. The predicted octanol–water partition coefficient (Wildman–Crippen LogP) is 3.69. The first kappa shape index (κ1) is 19.9. The quantitative estimate of drug-likeness (QED) is 0.797. The third-order valence-electron chi connectivity index (χ3n) is 7.13. The van der Waals surface area contributed by atoms with Crippen molar-refractivity contribution in [3.8, 4) is 17.2 Å². The van der Waals surface area contributed by atoms with E-state index in [0.29, 0.717) is 35.8 Å². The van der Waals surface area contributed by atoms with E-state index in [0.717, 1.165) is 24.0 Å². The van der Waals surface area contributed by atoms with Crippen LogP contribution in [0.4, 0.5) is 0 Å². The molecule has 3 aliphatic rings. The molecule has 2 aliphatic carbocycles. The molecule has 2 aromatic rings. The lowest BCUT2D eigenvalue weighted by Crippen LogP contribution is -2.44. The first-order valence-electron chi connectivity index (χ1n) is 10.8. The van der Waals surface area contributed by atoms with Gasteiger partial charge in [0, 0.05) is 23.9 Å². The van der Waals surface area contributed by atoms with Crippen LogP contribution in [-0.4, -0.2) is 31.5 Å². The zero-order chi connectivity index (χ0) is 21.8. The van der Waals surface area contributed by atoms with E-state index in [4.69, 9.17) is 14.2 Å². The van der Waals surface area contributed by atoms with Crippen LogP contribution >= 0.6 is 0 Å². The van der Waals surface area contributed by atoms with Crippen molar-refractivity contribution >= 4 is 11.7 Å². The van der Waals surface area contributed by atoms with E-state index < -0.39 is 5.60 Å². The van der Waals surface area contributed by atoms with Crippen molar-refractivity contribution in [2.45, 2.75) is 38.3 Å². The van der Waals surface area contributed by atoms with Gasteiger partial charge in [0.25, 0.3) is 0 Å². The first-order chi connectivity index (χ1) is 15.0. The number of Topliss-reactive ketones (excluding diaryl/α,β-unsaturated/α-hetero) is 1. The second-order valence-electron chi connectivity index (χ2n) is 8.89. The number of hydrogen-bond donors (Lipinski definition) is 1. The number of fused-ring (bicyclic) bond motifs is 3. The highest BCUT2D eigenvalue weighted by atomic mass is 16.5. The summed E-state index contributed by atoms with van der Waals surface area (Å²) in [6.45, 7) is 2.34. The molecule has 0 radical (unpaired) electrons. The zero-order valence-corrected chi connectivity index (χ0v) is 18.1. The lowest BCUT2D eigenvalue weighted by Gasteiger charge is -2.37. The van der Waals surface area contributed by atoms with Crippen LogP contribution in [0.15, 0.2) is 36.4 Å². The standard InChI is InChI=1S/C25H27NO5/c1-14-7-8-19-17(11-14)18(27)12-25(31-19)10-9-16-21(22(16)25)24(28)26-13-15-5-4-6-20(29-2)23(15)30-3/h4-8,11,16,21-22H,9-10,12-13H2,1-3H3,(H,26,28)/t16-,21+,22+,25+/m0/s1. The third-order valence-corrected chi connectivity index (χ3v) is 7.13. The summed E-state index contributed by atoms with van der Waals surface area (Å²) in [5.74, 6) is 2.35. The Morgan fingerprint density at radius 1 is 1.23 bits per heavy atom. The van der Waals surface area contributed by atoms with Crippen LogP contribution in [0.25, 0.3) is 0 Å². The molecule has 1 heterocycles. The maximum Gasteiger partial charge on any atom is 0.224 e. The molecule has 1 spiro atoms. The van der Waals surface area contributed by atoms with Gasteiger partial charge in [0.2, 0.25) is 5.91 Å². The van der Waals surface area contributed by atoms with Crippen molar-refractivity contribution in [2.24, 2.45) is 17.8 Å². The minimum Gasteiger partial charge on any atom is -0.493 e. The summed E-state index contributed by atoms with van der Waals surface area (Å²) in [5, 5.41) is 3.06. The van der Waals surface area contributed by atoms with E-state index in [1.165, 1.54) is 0 Å². The topological polar surface area (TPSA) is 73.9 Å². The number of methoxy groups -OCH3 is 2. The van der Waals surface area contributed by atoms with Crippen LogP contribution < -0.4 is 19.5 Å². The Bertz CT molecular complexity index is 1060. The van der Waals surface area contributed by atoms with Crippen LogP contribution in [0.2, 0.25) is 0 Å². The van der Waals surface area contributed by atoms with E-state index in [9.17, 15) is 9.59 Å². The van der Waals surface area contributed by atoms with Crippen molar-refractivity contribution < 1.29 is 23.8 Å². The van der Waals surface area contributed by atoms with Gasteiger partial charge in [-0.2, -0.15) is 0 Å². The van der Waals surface area contributed by atoms with Crippen LogP contribution in [0.5, 0.6) is 17.2 Å². The van der Waals surface area contributed by atoms with Crippen molar-refractivity contribution in [3.05, 3.63) is 53.1 Å². The molecule has 6 nitrogen and oxygen atoms in total. The number of carbonyl (C=O) groups is 2. The average Bonchev–Trinajstić information content (AvgIpc) is 3.42. The number of benzene rings is 2. The molecule has 162 valence electrons. The SMILES string of the molecule is COc1cccc(CNC(=O)[C@@H]2[C@@H]3CC[C@@]4(CC(=O)c5cc(C)ccc5O4)[C@H]32)c1OC. The van der Waals surface area contributed by atoms with E-state index in [-0.39, 0.29) is 29.4 Å². The monoisotopic (exact) mass is 421 g/mol. The van der Waals surface area contributed by atoms with Gasteiger partial charge in [-0.05, 0) is 43.9 Å². The number of carbonyl (C=O) groups excluding carboxylic acids is 2. The van der Waals surface area contributed by atoms with Crippen molar-refractivity contribution in [1.82, 2.24) is 5.32 Å². The van der Waals surface area contributed by atoms with Gasteiger partial charge in [0.05, 0.1) is 26.2 Å². The number of amides is 1. The summed E-state index contributed by atoms with van der Waals surface area (Å²) >= 11 is 0. The van der Waals surface area contributed by atoms with Crippen LogP contribution in [-0.2, 0) is 11.3 Å². The normalized spacial score (nSPS) is 27.8. The van der Waals surface area contributed by atoms with Crippen molar-refractivity contribution in [1.29, 1.82) is 0 Å². The highest BCUT2D eigenvalue weighted by Crippen LogP contribution is 2.65. The Morgan fingerprint density at radius 2 is 2.06 bits per heavy atom. The minimum absolute atomic E-state index is 0.0182. The van der Waals surface area contributed by atoms with Gasteiger partial charge in [0.15, 0.2) is 17.3 Å². The molecule has 0 saturated heterocycles. The molecule has 1 amide bonds. The average molecular weight is 421 g/mol. The molecule has 2 saturated carbocycles. The zero-order valence-electron chi connectivity index (χ0n) is 18.1. The Hall–Kier alpha value is -3.02. The molecule has 31 heavy (non-hydrogen) atoms. The van der Waals surface area contributed by atoms with Gasteiger partial charge >= 0.3 is 0 Å². The highest BCUT2D eigenvalue weighted by Gasteiger charge is 2.70. The lowest BCUT2D eigenvalue weighted by molar-refractivity contribution is -0.124. The molecular weight excluding hydrogens is 394 g/mol. The fourth-order valence-electron chi connectivity index (χ4n) is 5.68. The summed E-state index contributed by atoms with van der Waals surface area (Å²) in [7, 11) is 3.19. The van der Waals surface area contributed by atoms with Gasteiger partial charge in [-0.1, -0.05) is 23.8 Å². The van der Waals surface area contributed by atoms with E-state index in [1.54, 1.807) is 14.2 Å². The summed E-state index contributed by atoms with van der Waals surface area (Å²) < 4.78 is 17.2. The Balaban J connectivity index is 1.30. The number of para-hydroxylation sites is 1. The maximum atomic E-state index is 13.0. The Kier molecular flexibility index (Phi) is 4.68. The number of ketones is 1. The molecule has 4 atom stereocenters. The summed E-state index contributed by atoms with van der Waals surface area (Å²) in [6, 6.07) is 11.4. The van der Waals surface area contributed by atoms with E-state index in [2.05, 4.69) is 5.32 Å². The van der Waals surface area contributed by atoms with E-state index >= 15 is 0 Å². The van der Waals surface area contributed by atoms with Crippen LogP contribution in [0, 0.1) is 24.7 Å². The molecule has 0 unspecified atom stereocenters. The van der Waals surface area contributed by atoms with Crippen LogP contribution in [0.3, 0.4) is 0 Å². The lowest BCUT2D eigenvalue weighted by atomic mass is 9.84. The number of hydrogen-bond acceptors (Lipinski definition) is 5. The number of nitrogens with one attached hydrogen (secondary N) is 1. The number of aryl methyl sites for hydroxylation is 1. The van der Waals surface area contributed by atoms with Crippen molar-refractivity contribution in [3.63, 3.8) is 0 Å². The minimum atomic E-state index is -0.542. The molecule has 0 bridgehead atoms. The molecule has 2 aromatic carbocycles. The fraction of sp³-hybridized carbons (Fsp3) is 0.440. The molecule has 6 heteroatoms. The first-order valence-corrected chi connectivity index (χ1v) is 10.8. The summed E-state index contributed by atoms with van der Waals surface area (Å²) in [4.78, 5) is 25.9.